The predicted molar refractivity (Wildman–Crippen MR) is 112 cm³/mol. The molecule has 0 unspecified atom stereocenters. The first kappa shape index (κ1) is 21.8. The van der Waals surface area contributed by atoms with E-state index >= 15 is 0 Å². The fraction of sp³-hybridized carbons (Fsp3) is 0.143. The predicted octanol–water partition coefficient (Wildman–Crippen LogP) is 4.26. The van der Waals surface area contributed by atoms with Gasteiger partial charge in [0.25, 0.3) is 0 Å². The number of fused-ring (bicyclic) bond motifs is 1. The van der Waals surface area contributed by atoms with Crippen molar-refractivity contribution in [2.24, 2.45) is 0 Å². The highest BCUT2D eigenvalue weighted by atomic mass is 32.2. The second-order valence-corrected chi connectivity index (χ2v) is 8.64. The smallest absolute Gasteiger partial charge is 0.361 e. The Kier molecular flexibility index (Phi) is 5.85. The lowest BCUT2D eigenvalue weighted by molar-refractivity contribution is -0.159. The lowest BCUT2D eigenvalue weighted by Crippen LogP contribution is -2.26. The van der Waals surface area contributed by atoms with Crippen LogP contribution in [0.4, 0.5) is 13.2 Å². The van der Waals surface area contributed by atoms with Gasteiger partial charge in [-0.2, -0.15) is 18.2 Å². The number of aromatic amines is 1. The fourth-order valence-corrected chi connectivity index (χ4v) is 4.20. The molecule has 2 heterocycles. The summed E-state index contributed by atoms with van der Waals surface area (Å²) in [6.45, 7) is 0.202. The van der Waals surface area contributed by atoms with Crippen molar-refractivity contribution in [1.29, 1.82) is 0 Å². The molecule has 0 saturated carbocycles. The van der Waals surface area contributed by atoms with Crippen molar-refractivity contribution in [3.05, 3.63) is 77.6 Å². The maximum absolute atomic E-state index is 12.7. The van der Waals surface area contributed by atoms with E-state index in [1.165, 1.54) is 30.4 Å². The Balaban J connectivity index is 1.42. The summed E-state index contributed by atoms with van der Waals surface area (Å²) >= 11 is 0. The summed E-state index contributed by atoms with van der Waals surface area (Å²) in [6, 6.07) is 13.7. The fourth-order valence-electron chi connectivity index (χ4n) is 3.12. The molecule has 4 rings (SSSR count). The minimum absolute atomic E-state index is 0.0302. The van der Waals surface area contributed by atoms with Gasteiger partial charge in [-0.15, -0.1) is 0 Å². The van der Waals surface area contributed by atoms with Crippen LogP contribution in [0.2, 0.25) is 0 Å². The van der Waals surface area contributed by atoms with Gasteiger partial charge in [0.15, 0.2) is 5.82 Å². The SMILES string of the molecule is O=S(=O)(NCCc1c[nH]c2ccccc12)c1cccc(C=Cc2noc(C(F)(F)F)n2)c1. The molecule has 0 bridgehead atoms. The Morgan fingerprint density at radius 1 is 1.09 bits per heavy atom. The van der Waals surface area contributed by atoms with Crippen LogP contribution in [-0.4, -0.2) is 30.1 Å². The van der Waals surface area contributed by atoms with Gasteiger partial charge in [-0.05, 0) is 41.8 Å². The molecule has 0 aliphatic rings. The number of rotatable bonds is 7. The number of para-hydroxylation sites is 1. The molecule has 0 spiro atoms. The highest BCUT2D eigenvalue weighted by Gasteiger charge is 2.38. The van der Waals surface area contributed by atoms with Crippen LogP contribution in [0.1, 0.15) is 22.8 Å². The largest absolute Gasteiger partial charge is 0.471 e. The number of nitrogens with zero attached hydrogens (tertiary/aromatic N) is 2. The van der Waals surface area contributed by atoms with Crippen molar-refractivity contribution in [3.63, 3.8) is 0 Å². The van der Waals surface area contributed by atoms with E-state index in [0.29, 0.717) is 12.0 Å². The highest BCUT2D eigenvalue weighted by molar-refractivity contribution is 7.89. The average Bonchev–Trinajstić information content (AvgIpc) is 3.40. The maximum Gasteiger partial charge on any atom is 0.471 e. The first-order chi connectivity index (χ1) is 15.2. The molecule has 32 heavy (non-hydrogen) atoms. The monoisotopic (exact) mass is 462 g/mol. The van der Waals surface area contributed by atoms with Crippen molar-refractivity contribution >= 4 is 33.1 Å². The number of alkyl halides is 3. The molecule has 0 fully saturated rings. The maximum atomic E-state index is 12.7. The van der Waals surface area contributed by atoms with Crippen LogP contribution in [0, 0.1) is 0 Å². The number of benzene rings is 2. The van der Waals surface area contributed by atoms with Gasteiger partial charge < -0.3 is 9.51 Å². The van der Waals surface area contributed by atoms with Gasteiger partial charge >= 0.3 is 12.1 Å². The van der Waals surface area contributed by atoms with Gasteiger partial charge in [-0.25, -0.2) is 13.1 Å². The minimum atomic E-state index is -4.73. The molecule has 4 aromatic rings. The number of halogens is 3. The van der Waals surface area contributed by atoms with E-state index in [1.807, 2.05) is 30.5 Å². The molecular weight excluding hydrogens is 445 g/mol. The molecule has 166 valence electrons. The number of hydrogen-bond acceptors (Lipinski definition) is 5. The van der Waals surface area contributed by atoms with Gasteiger partial charge in [0.05, 0.1) is 4.90 Å². The van der Waals surface area contributed by atoms with E-state index in [1.54, 1.807) is 6.07 Å². The molecule has 0 aliphatic carbocycles. The van der Waals surface area contributed by atoms with Crippen LogP contribution in [-0.2, 0) is 22.6 Å². The molecule has 0 atom stereocenters. The van der Waals surface area contributed by atoms with Gasteiger partial charge in [-0.3, -0.25) is 0 Å². The average molecular weight is 462 g/mol. The third-order valence-electron chi connectivity index (χ3n) is 4.64. The Labute approximate surface area is 181 Å². The second-order valence-electron chi connectivity index (χ2n) is 6.87. The molecule has 0 radical (unpaired) electrons. The zero-order valence-corrected chi connectivity index (χ0v) is 17.2. The second kappa shape index (κ2) is 8.60. The molecule has 2 aromatic heterocycles. The third-order valence-corrected chi connectivity index (χ3v) is 6.10. The summed E-state index contributed by atoms with van der Waals surface area (Å²) in [5, 5.41) is 4.27. The standard InChI is InChI=1S/C21H17F3N4O3S/c22-21(23,24)20-27-19(28-31-20)9-8-14-4-3-5-16(12-14)32(29,30)26-11-10-15-13-25-18-7-2-1-6-17(15)18/h1-9,12-13,25-26H,10-11H2. The molecule has 11 heteroatoms. The van der Waals surface area contributed by atoms with E-state index in [2.05, 4.69) is 24.4 Å². The lowest BCUT2D eigenvalue weighted by Gasteiger charge is -2.07. The van der Waals surface area contributed by atoms with E-state index in [-0.39, 0.29) is 17.3 Å². The molecule has 7 nitrogen and oxygen atoms in total. The summed E-state index contributed by atoms with van der Waals surface area (Å²) in [5.74, 6) is -1.73. The van der Waals surface area contributed by atoms with Crippen molar-refractivity contribution in [2.75, 3.05) is 6.54 Å². The summed E-state index contributed by atoms with van der Waals surface area (Å²) in [7, 11) is -3.78. The van der Waals surface area contributed by atoms with Crippen LogP contribution in [0.3, 0.4) is 0 Å². The number of hydrogen-bond donors (Lipinski definition) is 2. The first-order valence-corrected chi connectivity index (χ1v) is 10.9. The number of H-pyrrole nitrogens is 1. The Morgan fingerprint density at radius 2 is 1.91 bits per heavy atom. The Bertz CT molecular complexity index is 1370. The van der Waals surface area contributed by atoms with E-state index in [0.717, 1.165) is 16.5 Å². The van der Waals surface area contributed by atoms with Crippen LogP contribution in [0.15, 0.2) is 64.1 Å². The van der Waals surface area contributed by atoms with Crippen LogP contribution in [0.5, 0.6) is 0 Å². The number of sulfonamides is 1. The minimum Gasteiger partial charge on any atom is -0.361 e. The quantitative estimate of drug-likeness (QED) is 0.427. The number of aromatic nitrogens is 3. The molecule has 0 amide bonds. The van der Waals surface area contributed by atoms with Gasteiger partial charge in [0, 0.05) is 23.6 Å². The van der Waals surface area contributed by atoms with Gasteiger partial charge in [0.2, 0.25) is 10.0 Å². The van der Waals surface area contributed by atoms with Gasteiger partial charge in [-0.1, -0.05) is 41.6 Å². The van der Waals surface area contributed by atoms with Crippen LogP contribution >= 0.6 is 0 Å². The molecular formula is C21H17F3N4O3S. The van der Waals surface area contributed by atoms with E-state index in [9.17, 15) is 21.6 Å². The normalized spacial score (nSPS) is 12.7. The molecule has 2 N–H and O–H groups in total. The van der Waals surface area contributed by atoms with E-state index in [4.69, 9.17) is 0 Å². The lowest BCUT2D eigenvalue weighted by atomic mass is 10.1. The Hall–Kier alpha value is -3.44. The highest BCUT2D eigenvalue weighted by Crippen LogP contribution is 2.27. The summed E-state index contributed by atoms with van der Waals surface area (Å²) in [4.78, 5) is 6.41. The zero-order chi connectivity index (χ0) is 22.8. The van der Waals surface area contributed by atoms with Crippen molar-refractivity contribution in [2.45, 2.75) is 17.5 Å². The topological polar surface area (TPSA) is 101 Å². The molecule has 2 aromatic carbocycles. The zero-order valence-electron chi connectivity index (χ0n) is 16.4. The third kappa shape index (κ3) is 4.89. The van der Waals surface area contributed by atoms with Gasteiger partial charge in [0.1, 0.15) is 0 Å². The number of nitrogens with one attached hydrogen (secondary N) is 2. The van der Waals surface area contributed by atoms with Crippen molar-refractivity contribution < 1.29 is 26.1 Å². The van der Waals surface area contributed by atoms with Crippen LogP contribution < -0.4 is 4.72 Å². The Morgan fingerprint density at radius 3 is 2.69 bits per heavy atom. The molecule has 0 aliphatic heterocycles. The van der Waals surface area contributed by atoms with E-state index < -0.39 is 22.1 Å². The first-order valence-electron chi connectivity index (χ1n) is 9.46. The summed E-state index contributed by atoms with van der Waals surface area (Å²) in [6.07, 6.45) is 0.227. The van der Waals surface area contributed by atoms with Crippen molar-refractivity contribution in [1.82, 2.24) is 19.8 Å². The summed E-state index contributed by atoms with van der Waals surface area (Å²) < 4.78 is 69.6. The van der Waals surface area contributed by atoms with Crippen molar-refractivity contribution in [3.8, 4) is 0 Å². The summed E-state index contributed by atoms with van der Waals surface area (Å²) in [5.41, 5.74) is 2.43. The molecule has 0 saturated heterocycles. The van der Waals surface area contributed by atoms with Crippen LogP contribution in [0.25, 0.3) is 23.1 Å².